The van der Waals surface area contributed by atoms with Gasteiger partial charge in [0.05, 0.1) is 6.61 Å². The van der Waals surface area contributed by atoms with Gasteiger partial charge in [0.2, 0.25) is 0 Å². The van der Waals surface area contributed by atoms with E-state index in [4.69, 9.17) is 5.73 Å². The fourth-order valence-electron chi connectivity index (χ4n) is 1.15. The fourth-order valence-corrected chi connectivity index (χ4v) is 1.15. The van der Waals surface area contributed by atoms with Crippen LogP contribution in [0.5, 0.6) is 0 Å². The van der Waals surface area contributed by atoms with Crippen LogP contribution in [0.4, 0.5) is 5.82 Å². The summed E-state index contributed by atoms with van der Waals surface area (Å²) in [5.74, 6) is -1.06. The first-order valence-electron chi connectivity index (χ1n) is 5.35. The van der Waals surface area contributed by atoms with Crippen molar-refractivity contribution in [2.75, 3.05) is 11.9 Å². The molecule has 0 bridgehead atoms. The lowest BCUT2D eigenvalue weighted by atomic mass is 10.3. The van der Waals surface area contributed by atoms with E-state index in [9.17, 15) is 9.59 Å². The van der Waals surface area contributed by atoms with Crippen molar-refractivity contribution in [2.45, 2.75) is 26.3 Å². The second kappa shape index (κ2) is 6.00. The first kappa shape index (κ1) is 13.2. The molecule has 0 fully saturated rings. The van der Waals surface area contributed by atoms with Crippen LogP contribution in [-0.2, 0) is 20.7 Å². The van der Waals surface area contributed by atoms with Crippen molar-refractivity contribution < 1.29 is 14.3 Å². The van der Waals surface area contributed by atoms with Gasteiger partial charge in [-0.1, -0.05) is 6.92 Å². The quantitative estimate of drug-likeness (QED) is 0.487. The molecule has 1 unspecified atom stereocenters. The highest BCUT2D eigenvalue weighted by molar-refractivity contribution is 6.07. The number of nitrogens with one attached hydrogen (secondary N) is 2. The zero-order chi connectivity index (χ0) is 12.8. The second-order valence-electron chi connectivity index (χ2n) is 3.35. The Morgan fingerprint density at radius 2 is 2.29 bits per heavy atom. The number of aromatic nitrogens is 2. The monoisotopic (exact) mass is 240 g/mol. The highest BCUT2D eigenvalue weighted by atomic mass is 16.5. The topological polar surface area (TPSA) is 110 Å². The minimum atomic E-state index is -1.34. The van der Waals surface area contributed by atoms with E-state index in [2.05, 4.69) is 20.3 Å². The van der Waals surface area contributed by atoms with Gasteiger partial charge in [-0.25, -0.2) is 4.79 Å². The number of amides is 1. The number of carbonyl (C=O) groups excluding carboxylic acids is 2. The van der Waals surface area contributed by atoms with Crippen LogP contribution in [0.15, 0.2) is 6.07 Å². The molecule has 1 aromatic heterocycles. The SMILES string of the molecule is CCOC(=O)C(N)C(=O)Nc1cc(CC)[nH]n1. The van der Waals surface area contributed by atoms with Crippen LogP contribution in [0.2, 0.25) is 0 Å². The van der Waals surface area contributed by atoms with E-state index in [0.717, 1.165) is 12.1 Å². The summed E-state index contributed by atoms with van der Waals surface area (Å²) < 4.78 is 4.64. The molecule has 1 rings (SSSR count). The second-order valence-corrected chi connectivity index (χ2v) is 3.35. The van der Waals surface area contributed by atoms with Gasteiger partial charge in [0, 0.05) is 11.8 Å². The lowest BCUT2D eigenvalue weighted by molar-refractivity contribution is -0.146. The van der Waals surface area contributed by atoms with Crippen molar-refractivity contribution in [3.8, 4) is 0 Å². The van der Waals surface area contributed by atoms with Crippen LogP contribution >= 0.6 is 0 Å². The number of ether oxygens (including phenoxy) is 1. The Labute approximate surface area is 98.7 Å². The van der Waals surface area contributed by atoms with Crippen LogP contribution < -0.4 is 11.1 Å². The number of carbonyl (C=O) groups is 2. The molecule has 0 aliphatic carbocycles. The summed E-state index contributed by atoms with van der Waals surface area (Å²) in [6.45, 7) is 3.77. The first-order valence-corrected chi connectivity index (χ1v) is 5.35. The Balaban J connectivity index is 2.56. The number of aromatic amines is 1. The number of nitrogens with two attached hydrogens (primary N) is 1. The van der Waals surface area contributed by atoms with Gasteiger partial charge in [0.15, 0.2) is 11.9 Å². The van der Waals surface area contributed by atoms with E-state index in [1.54, 1.807) is 13.0 Å². The fraction of sp³-hybridized carbons (Fsp3) is 0.500. The minimum absolute atomic E-state index is 0.183. The summed E-state index contributed by atoms with van der Waals surface area (Å²) in [7, 11) is 0. The standard InChI is InChI=1S/C10H16N4O3/c1-3-6-5-7(14-13-6)12-9(15)8(11)10(16)17-4-2/h5,8H,3-4,11H2,1-2H3,(H2,12,13,14,15). The van der Waals surface area contributed by atoms with Gasteiger partial charge in [0.1, 0.15) is 0 Å². The summed E-state index contributed by atoms with van der Waals surface area (Å²) in [5.41, 5.74) is 6.29. The maximum atomic E-state index is 11.5. The van der Waals surface area contributed by atoms with E-state index < -0.39 is 17.9 Å². The molecule has 0 spiro atoms. The number of rotatable bonds is 5. The van der Waals surface area contributed by atoms with Crippen LogP contribution in [0, 0.1) is 0 Å². The number of H-pyrrole nitrogens is 1. The molecular formula is C10H16N4O3. The highest BCUT2D eigenvalue weighted by Crippen LogP contribution is 2.06. The third-order valence-corrected chi connectivity index (χ3v) is 2.09. The molecule has 0 aliphatic heterocycles. The summed E-state index contributed by atoms with van der Waals surface area (Å²) >= 11 is 0. The molecule has 0 aliphatic rings. The third-order valence-electron chi connectivity index (χ3n) is 2.09. The van der Waals surface area contributed by atoms with Crippen molar-refractivity contribution >= 4 is 17.7 Å². The molecular weight excluding hydrogens is 224 g/mol. The van der Waals surface area contributed by atoms with E-state index >= 15 is 0 Å². The predicted octanol–water partition coefficient (Wildman–Crippen LogP) is -0.199. The van der Waals surface area contributed by atoms with Crippen molar-refractivity contribution in [3.63, 3.8) is 0 Å². The molecule has 4 N–H and O–H groups in total. The van der Waals surface area contributed by atoms with Crippen molar-refractivity contribution in [1.29, 1.82) is 0 Å². The summed E-state index contributed by atoms with van der Waals surface area (Å²) in [6, 6.07) is 0.340. The normalized spacial score (nSPS) is 11.9. The molecule has 1 amide bonds. The molecule has 1 atom stereocenters. The van der Waals surface area contributed by atoms with E-state index in [1.165, 1.54) is 0 Å². The smallest absolute Gasteiger partial charge is 0.332 e. The summed E-state index contributed by atoms with van der Waals surface area (Å²) in [6.07, 6.45) is 0.771. The average molecular weight is 240 g/mol. The molecule has 0 saturated heterocycles. The Morgan fingerprint density at radius 3 is 2.82 bits per heavy atom. The van der Waals surface area contributed by atoms with E-state index in [-0.39, 0.29) is 6.61 Å². The lowest BCUT2D eigenvalue weighted by Gasteiger charge is -2.09. The number of esters is 1. The molecule has 7 heteroatoms. The minimum Gasteiger partial charge on any atom is -0.464 e. The van der Waals surface area contributed by atoms with Crippen molar-refractivity contribution in [1.82, 2.24) is 10.2 Å². The molecule has 0 radical (unpaired) electrons. The van der Waals surface area contributed by atoms with Crippen LogP contribution in [0.3, 0.4) is 0 Å². The number of hydrogen-bond donors (Lipinski definition) is 3. The first-order chi connectivity index (χ1) is 8.08. The maximum Gasteiger partial charge on any atom is 0.332 e. The Kier molecular flexibility index (Phi) is 4.65. The van der Waals surface area contributed by atoms with Crippen molar-refractivity contribution in [3.05, 3.63) is 11.8 Å². The molecule has 94 valence electrons. The Hall–Kier alpha value is -1.89. The maximum absolute atomic E-state index is 11.5. The Bertz CT molecular complexity index is 402. The predicted molar refractivity (Wildman–Crippen MR) is 61.2 cm³/mol. The number of hydrogen-bond acceptors (Lipinski definition) is 5. The largest absolute Gasteiger partial charge is 0.464 e. The van der Waals surface area contributed by atoms with Gasteiger partial charge in [-0.15, -0.1) is 0 Å². The van der Waals surface area contributed by atoms with Gasteiger partial charge in [-0.3, -0.25) is 9.89 Å². The molecule has 7 nitrogen and oxygen atoms in total. The van der Waals surface area contributed by atoms with Crippen LogP contribution in [0.1, 0.15) is 19.5 Å². The van der Waals surface area contributed by atoms with Gasteiger partial charge in [-0.2, -0.15) is 5.10 Å². The molecule has 0 aromatic carbocycles. The molecule has 1 heterocycles. The van der Waals surface area contributed by atoms with Gasteiger partial charge < -0.3 is 15.8 Å². The Morgan fingerprint density at radius 1 is 1.59 bits per heavy atom. The number of nitrogens with zero attached hydrogens (tertiary/aromatic N) is 1. The number of aryl methyl sites for hydroxylation is 1. The van der Waals surface area contributed by atoms with Gasteiger partial charge in [0.25, 0.3) is 5.91 Å². The zero-order valence-electron chi connectivity index (χ0n) is 9.82. The van der Waals surface area contributed by atoms with Crippen LogP contribution in [-0.4, -0.2) is 34.7 Å². The van der Waals surface area contributed by atoms with E-state index in [1.807, 2.05) is 6.92 Å². The third kappa shape index (κ3) is 3.56. The van der Waals surface area contributed by atoms with Crippen LogP contribution in [0.25, 0.3) is 0 Å². The highest BCUT2D eigenvalue weighted by Gasteiger charge is 2.23. The van der Waals surface area contributed by atoms with E-state index in [0.29, 0.717) is 5.82 Å². The average Bonchev–Trinajstić information content (AvgIpc) is 2.76. The zero-order valence-corrected chi connectivity index (χ0v) is 9.82. The molecule has 0 saturated carbocycles. The number of anilines is 1. The lowest BCUT2D eigenvalue weighted by Crippen LogP contribution is -2.43. The van der Waals surface area contributed by atoms with Crippen molar-refractivity contribution in [2.24, 2.45) is 5.73 Å². The molecule has 17 heavy (non-hydrogen) atoms. The molecule has 1 aromatic rings. The summed E-state index contributed by atoms with van der Waals surface area (Å²) in [5, 5.41) is 9.01. The summed E-state index contributed by atoms with van der Waals surface area (Å²) in [4.78, 5) is 22.7. The van der Waals surface area contributed by atoms with Gasteiger partial charge in [-0.05, 0) is 13.3 Å². The van der Waals surface area contributed by atoms with Gasteiger partial charge >= 0.3 is 5.97 Å².